The predicted octanol–water partition coefficient (Wildman–Crippen LogP) is 2.72. The Balaban J connectivity index is 1.53. The molecule has 0 radical (unpaired) electrons. The summed E-state index contributed by atoms with van der Waals surface area (Å²) >= 11 is 0. The Bertz CT molecular complexity index is 553. The van der Waals surface area contributed by atoms with E-state index in [0.29, 0.717) is 5.92 Å². The number of hydrogen-bond acceptors (Lipinski definition) is 2. The topological polar surface area (TPSA) is 40.6 Å². The van der Waals surface area contributed by atoms with Gasteiger partial charge in [-0.1, -0.05) is 12.1 Å². The van der Waals surface area contributed by atoms with Gasteiger partial charge in [0, 0.05) is 38.7 Å². The quantitative estimate of drug-likeness (QED) is 0.861. The van der Waals surface area contributed by atoms with Crippen LogP contribution in [0.4, 0.5) is 0 Å². The van der Waals surface area contributed by atoms with Gasteiger partial charge in [-0.2, -0.15) is 0 Å². The van der Waals surface area contributed by atoms with Crippen molar-refractivity contribution in [2.24, 2.45) is 5.92 Å². The number of carbonyl (C=O) groups excluding carboxylic acids is 2. The molecule has 23 heavy (non-hydrogen) atoms. The minimum Gasteiger partial charge on any atom is -0.343 e. The van der Waals surface area contributed by atoms with Crippen LogP contribution in [0, 0.1) is 5.92 Å². The van der Waals surface area contributed by atoms with Gasteiger partial charge < -0.3 is 9.80 Å². The van der Waals surface area contributed by atoms with Crippen molar-refractivity contribution < 1.29 is 9.59 Å². The molecule has 0 aliphatic carbocycles. The first-order valence-corrected chi connectivity index (χ1v) is 8.77. The van der Waals surface area contributed by atoms with Crippen LogP contribution in [0.3, 0.4) is 0 Å². The summed E-state index contributed by atoms with van der Waals surface area (Å²) in [5, 5.41) is 0. The summed E-state index contributed by atoms with van der Waals surface area (Å²) in [6.45, 7) is 5.21. The smallest absolute Gasteiger partial charge is 0.253 e. The fraction of sp³-hybridized carbons (Fsp3) is 0.579. The molecule has 2 fully saturated rings. The maximum absolute atomic E-state index is 12.3. The van der Waals surface area contributed by atoms with Crippen LogP contribution in [0.15, 0.2) is 24.3 Å². The van der Waals surface area contributed by atoms with Gasteiger partial charge in [-0.25, -0.2) is 0 Å². The van der Waals surface area contributed by atoms with Gasteiger partial charge >= 0.3 is 0 Å². The molecule has 2 amide bonds. The lowest BCUT2D eigenvalue weighted by Crippen LogP contribution is -2.37. The van der Waals surface area contributed by atoms with Crippen LogP contribution in [-0.2, 0) is 11.2 Å². The van der Waals surface area contributed by atoms with E-state index in [1.54, 1.807) is 6.92 Å². The van der Waals surface area contributed by atoms with Crippen LogP contribution in [0.1, 0.15) is 48.5 Å². The Morgan fingerprint density at radius 3 is 2.13 bits per heavy atom. The number of piperidine rings is 1. The summed E-state index contributed by atoms with van der Waals surface area (Å²) < 4.78 is 0. The lowest BCUT2D eigenvalue weighted by molar-refractivity contribution is -0.130. The van der Waals surface area contributed by atoms with Crippen molar-refractivity contribution >= 4 is 11.8 Å². The Labute approximate surface area is 138 Å². The summed E-state index contributed by atoms with van der Waals surface area (Å²) in [5.41, 5.74) is 2.10. The highest BCUT2D eigenvalue weighted by atomic mass is 16.2. The second-order valence-electron chi connectivity index (χ2n) is 6.85. The third kappa shape index (κ3) is 3.92. The monoisotopic (exact) mass is 314 g/mol. The van der Waals surface area contributed by atoms with Gasteiger partial charge in [-0.3, -0.25) is 9.59 Å². The third-order valence-electron chi connectivity index (χ3n) is 5.18. The van der Waals surface area contributed by atoms with E-state index in [-0.39, 0.29) is 11.8 Å². The SMILES string of the molecule is CC(=O)N1CCC(Cc2ccc(C(=O)N3CCCC3)cc2)CC1. The van der Waals surface area contributed by atoms with E-state index < -0.39 is 0 Å². The predicted molar refractivity (Wildman–Crippen MR) is 90.3 cm³/mol. The molecule has 2 aliphatic rings. The zero-order valence-electron chi connectivity index (χ0n) is 14.0. The van der Waals surface area contributed by atoms with Crippen molar-refractivity contribution in [3.63, 3.8) is 0 Å². The molecule has 1 aromatic rings. The molecule has 4 nitrogen and oxygen atoms in total. The number of amides is 2. The van der Waals surface area contributed by atoms with Crippen LogP contribution in [0.5, 0.6) is 0 Å². The molecule has 0 saturated carbocycles. The number of rotatable bonds is 3. The average molecular weight is 314 g/mol. The Kier molecular flexibility index (Phi) is 4.99. The lowest BCUT2D eigenvalue weighted by atomic mass is 9.90. The van der Waals surface area contributed by atoms with Gasteiger partial charge in [-0.05, 0) is 55.7 Å². The summed E-state index contributed by atoms with van der Waals surface area (Å²) in [6.07, 6.45) is 5.46. The van der Waals surface area contributed by atoms with E-state index in [1.807, 2.05) is 21.9 Å². The highest BCUT2D eigenvalue weighted by molar-refractivity contribution is 5.94. The normalized spacial score (nSPS) is 19.2. The van der Waals surface area contributed by atoms with Crippen molar-refractivity contribution in [1.29, 1.82) is 0 Å². The van der Waals surface area contributed by atoms with E-state index in [1.165, 1.54) is 5.56 Å². The molecule has 124 valence electrons. The van der Waals surface area contributed by atoms with Gasteiger partial charge in [0.15, 0.2) is 0 Å². The second-order valence-corrected chi connectivity index (χ2v) is 6.85. The van der Waals surface area contributed by atoms with E-state index in [0.717, 1.165) is 63.8 Å². The van der Waals surface area contributed by atoms with Crippen LogP contribution in [0.2, 0.25) is 0 Å². The standard InChI is InChI=1S/C19H26N2O2/c1-15(22)20-12-8-17(9-13-20)14-16-4-6-18(7-5-16)19(23)21-10-2-3-11-21/h4-7,17H,2-3,8-14H2,1H3. The molecule has 2 saturated heterocycles. The fourth-order valence-electron chi connectivity index (χ4n) is 3.67. The number of benzene rings is 1. The molecule has 0 bridgehead atoms. The molecule has 1 aromatic carbocycles. The highest BCUT2D eigenvalue weighted by Gasteiger charge is 2.22. The van der Waals surface area contributed by atoms with E-state index in [9.17, 15) is 9.59 Å². The molecule has 3 rings (SSSR count). The van der Waals surface area contributed by atoms with Crippen molar-refractivity contribution in [1.82, 2.24) is 9.80 Å². The minimum absolute atomic E-state index is 0.170. The number of nitrogens with zero attached hydrogens (tertiary/aromatic N) is 2. The first-order valence-electron chi connectivity index (χ1n) is 8.77. The maximum Gasteiger partial charge on any atom is 0.253 e. The van der Waals surface area contributed by atoms with E-state index >= 15 is 0 Å². The number of carbonyl (C=O) groups is 2. The Morgan fingerprint density at radius 2 is 1.57 bits per heavy atom. The first-order chi connectivity index (χ1) is 11.1. The molecular formula is C19H26N2O2. The maximum atomic E-state index is 12.3. The molecule has 0 aromatic heterocycles. The zero-order valence-corrected chi connectivity index (χ0v) is 14.0. The van der Waals surface area contributed by atoms with Crippen molar-refractivity contribution in [2.75, 3.05) is 26.2 Å². The van der Waals surface area contributed by atoms with Gasteiger partial charge in [0.1, 0.15) is 0 Å². The molecule has 0 atom stereocenters. The summed E-state index contributed by atoms with van der Waals surface area (Å²) in [7, 11) is 0. The van der Waals surface area contributed by atoms with Gasteiger partial charge in [0.25, 0.3) is 5.91 Å². The minimum atomic E-state index is 0.170. The van der Waals surface area contributed by atoms with E-state index in [2.05, 4.69) is 12.1 Å². The Morgan fingerprint density at radius 1 is 0.957 bits per heavy atom. The van der Waals surface area contributed by atoms with Crippen molar-refractivity contribution in [3.8, 4) is 0 Å². The van der Waals surface area contributed by atoms with Crippen LogP contribution in [0.25, 0.3) is 0 Å². The van der Waals surface area contributed by atoms with Gasteiger partial charge in [0.2, 0.25) is 5.91 Å². The third-order valence-corrected chi connectivity index (χ3v) is 5.18. The van der Waals surface area contributed by atoms with Crippen molar-refractivity contribution in [2.45, 2.75) is 39.0 Å². The van der Waals surface area contributed by atoms with E-state index in [4.69, 9.17) is 0 Å². The Hall–Kier alpha value is -1.84. The van der Waals surface area contributed by atoms with Gasteiger partial charge in [0.05, 0.1) is 0 Å². The molecule has 0 N–H and O–H groups in total. The summed E-state index contributed by atoms with van der Waals surface area (Å²) in [4.78, 5) is 27.6. The largest absolute Gasteiger partial charge is 0.343 e. The molecule has 2 aliphatic heterocycles. The highest BCUT2D eigenvalue weighted by Crippen LogP contribution is 2.22. The fourth-order valence-corrected chi connectivity index (χ4v) is 3.67. The first kappa shape index (κ1) is 16.0. The molecular weight excluding hydrogens is 288 g/mol. The lowest BCUT2D eigenvalue weighted by Gasteiger charge is -2.31. The molecule has 4 heteroatoms. The summed E-state index contributed by atoms with van der Waals surface area (Å²) in [5.74, 6) is 1.00. The van der Waals surface area contributed by atoms with Crippen LogP contribution in [-0.4, -0.2) is 47.8 Å². The number of likely N-dealkylation sites (tertiary alicyclic amines) is 2. The second kappa shape index (κ2) is 7.16. The van der Waals surface area contributed by atoms with Crippen LogP contribution < -0.4 is 0 Å². The summed E-state index contributed by atoms with van der Waals surface area (Å²) in [6, 6.07) is 8.14. The average Bonchev–Trinajstić information content (AvgIpc) is 3.10. The molecule has 0 unspecified atom stereocenters. The van der Waals surface area contributed by atoms with Crippen LogP contribution >= 0.6 is 0 Å². The molecule has 2 heterocycles. The van der Waals surface area contributed by atoms with Crippen molar-refractivity contribution in [3.05, 3.63) is 35.4 Å². The number of hydrogen-bond donors (Lipinski definition) is 0. The van der Waals surface area contributed by atoms with Gasteiger partial charge in [-0.15, -0.1) is 0 Å². The molecule has 0 spiro atoms. The zero-order chi connectivity index (χ0) is 16.2.